The maximum atomic E-state index is 6.16. The molecule has 162 valence electrons. The zero-order valence-electron chi connectivity index (χ0n) is 18.4. The Morgan fingerprint density at radius 2 is 2.14 bits per heavy atom. The third-order valence-corrected chi connectivity index (χ3v) is 5.85. The lowest BCUT2D eigenvalue weighted by Crippen LogP contribution is -2.40. The van der Waals surface area contributed by atoms with Crippen molar-refractivity contribution in [1.29, 1.82) is 0 Å². The first-order chi connectivity index (χ1) is 14.2. The molecule has 0 amide bonds. The number of benzene rings is 1. The van der Waals surface area contributed by atoms with Crippen molar-refractivity contribution in [2.24, 2.45) is 16.8 Å². The number of aryl methyl sites for hydroxylation is 1. The van der Waals surface area contributed by atoms with Gasteiger partial charge in [0.05, 0.1) is 19.8 Å². The lowest BCUT2D eigenvalue weighted by molar-refractivity contribution is 0.166. The SMILES string of the molecule is CCNC(=NCc1ccc(C)cc1OCC1CCOC1)NCC1CCN(CC)C1. The van der Waals surface area contributed by atoms with Gasteiger partial charge in [-0.25, -0.2) is 4.99 Å². The van der Waals surface area contributed by atoms with Crippen LogP contribution in [0.1, 0.15) is 37.8 Å². The van der Waals surface area contributed by atoms with E-state index in [-0.39, 0.29) is 0 Å². The molecule has 0 spiro atoms. The molecule has 2 aliphatic heterocycles. The number of ether oxygens (including phenoxy) is 2. The highest BCUT2D eigenvalue weighted by Crippen LogP contribution is 2.23. The molecule has 1 aromatic carbocycles. The minimum Gasteiger partial charge on any atom is -0.493 e. The van der Waals surface area contributed by atoms with E-state index in [1.807, 2.05) is 0 Å². The van der Waals surface area contributed by atoms with Crippen LogP contribution in [0.25, 0.3) is 0 Å². The van der Waals surface area contributed by atoms with Crippen LogP contribution >= 0.6 is 0 Å². The van der Waals surface area contributed by atoms with Crippen molar-refractivity contribution < 1.29 is 9.47 Å². The molecule has 2 atom stereocenters. The monoisotopic (exact) mass is 402 g/mol. The van der Waals surface area contributed by atoms with Crippen LogP contribution in [0.2, 0.25) is 0 Å². The zero-order chi connectivity index (χ0) is 20.5. The van der Waals surface area contributed by atoms with Gasteiger partial charge in [-0.15, -0.1) is 0 Å². The van der Waals surface area contributed by atoms with Gasteiger partial charge >= 0.3 is 0 Å². The fourth-order valence-electron chi connectivity index (χ4n) is 3.96. The van der Waals surface area contributed by atoms with Gasteiger partial charge in [0, 0.05) is 37.7 Å². The van der Waals surface area contributed by atoms with Crippen molar-refractivity contribution in [3.05, 3.63) is 29.3 Å². The van der Waals surface area contributed by atoms with Gasteiger partial charge in [-0.3, -0.25) is 0 Å². The molecule has 0 radical (unpaired) electrons. The fourth-order valence-corrected chi connectivity index (χ4v) is 3.96. The lowest BCUT2D eigenvalue weighted by Gasteiger charge is -2.17. The van der Waals surface area contributed by atoms with E-state index in [9.17, 15) is 0 Å². The fraction of sp³-hybridized carbons (Fsp3) is 0.696. The van der Waals surface area contributed by atoms with Crippen molar-refractivity contribution in [2.45, 2.75) is 40.2 Å². The topological polar surface area (TPSA) is 58.1 Å². The molecule has 3 rings (SSSR count). The van der Waals surface area contributed by atoms with E-state index in [1.54, 1.807) is 0 Å². The van der Waals surface area contributed by atoms with Crippen molar-refractivity contribution in [3.63, 3.8) is 0 Å². The molecule has 0 saturated carbocycles. The van der Waals surface area contributed by atoms with Gasteiger partial charge in [0.1, 0.15) is 5.75 Å². The Hall–Kier alpha value is -1.79. The standard InChI is InChI=1S/C23H38N4O2/c1-4-24-23(25-13-19-8-10-27(5-2)15-19)26-14-21-7-6-18(3)12-22(21)29-17-20-9-11-28-16-20/h6-7,12,19-20H,4-5,8-11,13-17H2,1-3H3,(H2,24,25,26). The highest BCUT2D eigenvalue weighted by Gasteiger charge is 2.21. The molecule has 29 heavy (non-hydrogen) atoms. The van der Waals surface area contributed by atoms with Gasteiger partial charge in [-0.1, -0.05) is 19.1 Å². The average Bonchev–Trinajstić information content (AvgIpc) is 3.41. The first-order valence-electron chi connectivity index (χ1n) is 11.2. The molecule has 2 N–H and O–H groups in total. The van der Waals surface area contributed by atoms with E-state index in [4.69, 9.17) is 14.5 Å². The van der Waals surface area contributed by atoms with Crippen LogP contribution in [-0.4, -0.2) is 63.4 Å². The minimum absolute atomic E-state index is 0.500. The van der Waals surface area contributed by atoms with Crippen LogP contribution in [0.15, 0.2) is 23.2 Å². The summed E-state index contributed by atoms with van der Waals surface area (Å²) in [6.07, 6.45) is 2.35. The first-order valence-corrected chi connectivity index (χ1v) is 11.2. The Labute approximate surface area is 176 Å². The molecule has 1 aromatic rings. The van der Waals surface area contributed by atoms with Crippen LogP contribution in [0, 0.1) is 18.8 Å². The number of rotatable bonds is 9. The second-order valence-corrected chi connectivity index (χ2v) is 8.28. The Kier molecular flexibility index (Phi) is 8.62. The Balaban J connectivity index is 1.57. The lowest BCUT2D eigenvalue weighted by atomic mass is 10.1. The number of nitrogens with zero attached hydrogens (tertiary/aromatic N) is 2. The van der Waals surface area contributed by atoms with Crippen molar-refractivity contribution in [1.82, 2.24) is 15.5 Å². The Morgan fingerprint density at radius 3 is 2.86 bits per heavy atom. The van der Waals surface area contributed by atoms with Crippen molar-refractivity contribution >= 4 is 5.96 Å². The van der Waals surface area contributed by atoms with E-state index in [0.717, 1.165) is 56.5 Å². The first kappa shape index (κ1) is 21.9. The van der Waals surface area contributed by atoms with Crippen LogP contribution in [0.3, 0.4) is 0 Å². The van der Waals surface area contributed by atoms with Gasteiger partial charge in [0.2, 0.25) is 0 Å². The van der Waals surface area contributed by atoms with Crippen molar-refractivity contribution in [2.75, 3.05) is 52.5 Å². The second-order valence-electron chi connectivity index (χ2n) is 8.28. The third-order valence-electron chi connectivity index (χ3n) is 5.85. The van der Waals surface area contributed by atoms with Gasteiger partial charge < -0.3 is 25.0 Å². The molecule has 2 aliphatic rings. The van der Waals surface area contributed by atoms with E-state index < -0.39 is 0 Å². The second kappa shape index (κ2) is 11.4. The number of likely N-dealkylation sites (tertiary alicyclic amines) is 1. The number of nitrogens with one attached hydrogen (secondary N) is 2. The Bertz CT molecular complexity index is 658. The molecule has 2 fully saturated rings. The molecule has 0 aromatic heterocycles. The summed E-state index contributed by atoms with van der Waals surface area (Å²) in [4.78, 5) is 7.35. The summed E-state index contributed by atoms with van der Waals surface area (Å²) < 4.78 is 11.6. The summed E-state index contributed by atoms with van der Waals surface area (Å²) in [6.45, 7) is 14.8. The summed E-state index contributed by atoms with van der Waals surface area (Å²) in [5.74, 6) is 3.04. The Morgan fingerprint density at radius 1 is 1.24 bits per heavy atom. The third kappa shape index (κ3) is 6.89. The molecule has 6 heteroatoms. The van der Waals surface area contributed by atoms with Crippen LogP contribution in [0.5, 0.6) is 5.75 Å². The van der Waals surface area contributed by atoms with Gasteiger partial charge in [0.25, 0.3) is 0 Å². The van der Waals surface area contributed by atoms with Crippen LogP contribution in [0.4, 0.5) is 0 Å². The van der Waals surface area contributed by atoms with E-state index >= 15 is 0 Å². The molecule has 0 bridgehead atoms. The van der Waals surface area contributed by atoms with Gasteiger partial charge in [0.15, 0.2) is 5.96 Å². The predicted octanol–water partition coefficient (Wildman–Crippen LogP) is 2.81. The number of guanidine groups is 1. The molecule has 2 unspecified atom stereocenters. The number of aliphatic imine (C=N–C) groups is 1. The number of hydrogen-bond acceptors (Lipinski definition) is 4. The summed E-state index contributed by atoms with van der Waals surface area (Å²) in [5, 5.41) is 6.92. The number of hydrogen-bond donors (Lipinski definition) is 2. The smallest absolute Gasteiger partial charge is 0.191 e. The van der Waals surface area contributed by atoms with E-state index in [0.29, 0.717) is 25.0 Å². The molecule has 2 heterocycles. The molecule has 0 aliphatic carbocycles. The quantitative estimate of drug-likeness (QED) is 0.491. The highest BCUT2D eigenvalue weighted by atomic mass is 16.5. The summed E-state index contributed by atoms with van der Waals surface area (Å²) >= 11 is 0. The average molecular weight is 403 g/mol. The van der Waals surface area contributed by atoms with E-state index in [2.05, 4.69) is 54.5 Å². The highest BCUT2D eigenvalue weighted by molar-refractivity contribution is 5.79. The summed E-state index contributed by atoms with van der Waals surface area (Å²) in [7, 11) is 0. The van der Waals surface area contributed by atoms with Crippen LogP contribution in [-0.2, 0) is 11.3 Å². The van der Waals surface area contributed by atoms with Gasteiger partial charge in [-0.05, 0) is 57.3 Å². The summed E-state index contributed by atoms with van der Waals surface area (Å²) in [6, 6.07) is 6.40. The molecular formula is C23H38N4O2. The molecule has 2 saturated heterocycles. The van der Waals surface area contributed by atoms with Gasteiger partial charge in [-0.2, -0.15) is 0 Å². The zero-order valence-corrected chi connectivity index (χ0v) is 18.4. The normalized spacial score (nSPS) is 22.8. The largest absolute Gasteiger partial charge is 0.493 e. The van der Waals surface area contributed by atoms with E-state index in [1.165, 1.54) is 25.1 Å². The molecule has 6 nitrogen and oxygen atoms in total. The predicted molar refractivity (Wildman–Crippen MR) is 119 cm³/mol. The maximum Gasteiger partial charge on any atom is 0.191 e. The molecular weight excluding hydrogens is 364 g/mol. The van der Waals surface area contributed by atoms with Crippen molar-refractivity contribution in [3.8, 4) is 5.75 Å². The minimum atomic E-state index is 0.500. The maximum absolute atomic E-state index is 6.16. The summed E-state index contributed by atoms with van der Waals surface area (Å²) in [5.41, 5.74) is 2.34. The van der Waals surface area contributed by atoms with Crippen LogP contribution < -0.4 is 15.4 Å².